The second-order valence-electron chi connectivity index (χ2n) is 6.97. The maximum Gasteiger partial charge on any atom is 0.0254 e. The molecule has 1 saturated carbocycles. The first kappa shape index (κ1) is 14.3. The van der Waals surface area contributed by atoms with Gasteiger partial charge in [0, 0.05) is 25.7 Å². The average Bonchev–Trinajstić information content (AvgIpc) is 2.71. The van der Waals surface area contributed by atoms with Crippen LogP contribution in [0.15, 0.2) is 0 Å². The summed E-state index contributed by atoms with van der Waals surface area (Å²) in [6.07, 6.45) is 6.88. The van der Waals surface area contributed by atoms with E-state index in [-0.39, 0.29) is 0 Å². The van der Waals surface area contributed by atoms with Crippen LogP contribution < -0.4 is 5.73 Å². The molecule has 3 nitrogen and oxygen atoms in total. The highest BCUT2D eigenvalue weighted by Gasteiger charge is 2.37. The first-order valence-corrected chi connectivity index (χ1v) is 7.65. The fourth-order valence-electron chi connectivity index (χ4n) is 4.05. The lowest BCUT2D eigenvalue weighted by molar-refractivity contribution is 0.121. The normalized spacial score (nSPS) is 33.2. The Kier molecular flexibility index (Phi) is 4.68. The number of hydrogen-bond acceptors (Lipinski definition) is 3. The van der Waals surface area contributed by atoms with Crippen molar-refractivity contribution in [1.29, 1.82) is 0 Å². The summed E-state index contributed by atoms with van der Waals surface area (Å²) in [5.74, 6) is 0.790. The summed E-state index contributed by atoms with van der Waals surface area (Å²) in [6, 6.07) is 0.725. The molecular weight excluding hydrogens is 222 g/mol. The molecule has 106 valence electrons. The summed E-state index contributed by atoms with van der Waals surface area (Å²) in [6.45, 7) is 6.99. The van der Waals surface area contributed by atoms with E-state index in [2.05, 4.69) is 30.8 Å². The molecule has 0 radical (unpaired) electrons. The van der Waals surface area contributed by atoms with Gasteiger partial charge in [-0.15, -0.1) is 0 Å². The Balaban J connectivity index is 1.93. The van der Waals surface area contributed by atoms with Crippen molar-refractivity contribution >= 4 is 0 Å². The highest BCUT2D eigenvalue weighted by Crippen LogP contribution is 2.37. The first-order chi connectivity index (χ1) is 8.56. The van der Waals surface area contributed by atoms with Crippen LogP contribution in [0, 0.1) is 11.3 Å². The molecule has 2 aliphatic rings. The Bertz CT molecular complexity index is 258. The molecular formula is C15H31N3. The van der Waals surface area contributed by atoms with E-state index in [1.54, 1.807) is 0 Å². The molecule has 0 bridgehead atoms. The van der Waals surface area contributed by atoms with E-state index in [4.69, 9.17) is 5.73 Å². The maximum atomic E-state index is 6.11. The number of rotatable bonds is 4. The molecule has 2 N–H and O–H groups in total. The third kappa shape index (κ3) is 3.06. The molecule has 1 aliphatic heterocycles. The minimum Gasteiger partial charge on any atom is -0.330 e. The van der Waals surface area contributed by atoms with Crippen molar-refractivity contribution in [1.82, 2.24) is 9.80 Å². The smallest absolute Gasteiger partial charge is 0.0254 e. The van der Waals surface area contributed by atoms with Gasteiger partial charge >= 0.3 is 0 Å². The zero-order valence-corrected chi connectivity index (χ0v) is 12.5. The number of nitrogens with two attached hydrogens (primary N) is 1. The van der Waals surface area contributed by atoms with E-state index in [0.29, 0.717) is 5.41 Å². The summed E-state index contributed by atoms with van der Waals surface area (Å²) in [7, 11) is 4.42. The zero-order valence-electron chi connectivity index (χ0n) is 12.5. The fraction of sp³-hybridized carbons (Fsp3) is 1.00. The van der Waals surface area contributed by atoms with Crippen molar-refractivity contribution in [3.63, 3.8) is 0 Å². The summed E-state index contributed by atoms with van der Waals surface area (Å²) >= 11 is 0. The molecule has 2 rings (SSSR count). The van der Waals surface area contributed by atoms with Crippen LogP contribution in [0.2, 0.25) is 0 Å². The second-order valence-corrected chi connectivity index (χ2v) is 6.97. The van der Waals surface area contributed by atoms with Gasteiger partial charge in [-0.25, -0.2) is 0 Å². The second kappa shape index (κ2) is 5.89. The highest BCUT2D eigenvalue weighted by atomic mass is 15.2. The summed E-state index contributed by atoms with van der Waals surface area (Å²) in [4.78, 5) is 5.06. The Labute approximate surface area is 113 Å². The van der Waals surface area contributed by atoms with Crippen LogP contribution in [0.1, 0.15) is 39.0 Å². The molecule has 0 aromatic heterocycles. The molecule has 2 fully saturated rings. The summed E-state index contributed by atoms with van der Waals surface area (Å²) in [5.41, 5.74) is 6.54. The predicted molar refractivity (Wildman–Crippen MR) is 77.7 cm³/mol. The Morgan fingerprint density at radius 3 is 2.33 bits per heavy atom. The van der Waals surface area contributed by atoms with Crippen LogP contribution in [-0.4, -0.2) is 56.1 Å². The number of likely N-dealkylation sites (tertiary alicyclic amines) is 1. The molecule has 2 atom stereocenters. The van der Waals surface area contributed by atoms with Gasteiger partial charge in [-0.05, 0) is 44.8 Å². The Morgan fingerprint density at radius 2 is 1.83 bits per heavy atom. The van der Waals surface area contributed by atoms with Gasteiger partial charge < -0.3 is 15.5 Å². The van der Waals surface area contributed by atoms with Gasteiger partial charge in [0.05, 0.1) is 0 Å². The lowest BCUT2D eigenvalue weighted by Gasteiger charge is -2.39. The van der Waals surface area contributed by atoms with Crippen molar-refractivity contribution in [2.45, 2.75) is 45.1 Å². The summed E-state index contributed by atoms with van der Waals surface area (Å²) < 4.78 is 0. The van der Waals surface area contributed by atoms with Gasteiger partial charge in [0.1, 0.15) is 0 Å². The lowest BCUT2D eigenvalue weighted by Crippen LogP contribution is -2.44. The Morgan fingerprint density at radius 1 is 1.17 bits per heavy atom. The molecule has 1 saturated heterocycles. The van der Waals surface area contributed by atoms with E-state index in [0.717, 1.165) is 18.5 Å². The molecule has 0 aromatic carbocycles. The topological polar surface area (TPSA) is 32.5 Å². The van der Waals surface area contributed by atoms with Crippen molar-refractivity contribution in [2.24, 2.45) is 17.1 Å². The molecule has 0 spiro atoms. The molecule has 18 heavy (non-hydrogen) atoms. The quantitative estimate of drug-likeness (QED) is 0.829. The standard InChI is InChI=1S/C15H31N3/c1-13-9-18(10-14(13)17(2)3)12-15(11-16)7-5-4-6-8-15/h13-14H,4-12,16H2,1-3H3. The number of likely N-dealkylation sites (N-methyl/N-ethyl adjacent to an activating group) is 1. The van der Waals surface area contributed by atoms with Crippen LogP contribution in [0.4, 0.5) is 0 Å². The van der Waals surface area contributed by atoms with Gasteiger partial charge in [0.15, 0.2) is 0 Å². The van der Waals surface area contributed by atoms with Gasteiger partial charge in [-0.2, -0.15) is 0 Å². The molecule has 0 aromatic rings. The first-order valence-electron chi connectivity index (χ1n) is 7.65. The molecule has 2 unspecified atom stereocenters. The molecule has 1 aliphatic carbocycles. The van der Waals surface area contributed by atoms with Crippen LogP contribution in [-0.2, 0) is 0 Å². The average molecular weight is 253 g/mol. The van der Waals surface area contributed by atoms with Crippen molar-refractivity contribution < 1.29 is 0 Å². The third-order valence-electron chi connectivity index (χ3n) is 5.22. The SMILES string of the molecule is CC1CN(CC2(CN)CCCCC2)CC1N(C)C. The zero-order chi connectivity index (χ0) is 13.2. The third-order valence-corrected chi connectivity index (χ3v) is 5.22. The minimum atomic E-state index is 0.430. The monoisotopic (exact) mass is 253 g/mol. The summed E-state index contributed by atoms with van der Waals surface area (Å²) in [5, 5.41) is 0. The van der Waals surface area contributed by atoms with Crippen molar-refractivity contribution in [2.75, 3.05) is 40.3 Å². The maximum absolute atomic E-state index is 6.11. The van der Waals surface area contributed by atoms with Crippen molar-refractivity contribution in [3.05, 3.63) is 0 Å². The molecule has 3 heteroatoms. The van der Waals surface area contributed by atoms with E-state index in [9.17, 15) is 0 Å². The van der Waals surface area contributed by atoms with E-state index in [1.807, 2.05) is 0 Å². The van der Waals surface area contributed by atoms with Crippen LogP contribution >= 0.6 is 0 Å². The predicted octanol–water partition coefficient (Wildman–Crippen LogP) is 1.78. The van der Waals surface area contributed by atoms with Gasteiger partial charge in [-0.3, -0.25) is 0 Å². The van der Waals surface area contributed by atoms with Gasteiger partial charge in [0.25, 0.3) is 0 Å². The van der Waals surface area contributed by atoms with Crippen LogP contribution in [0.25, 0.3) is 0 Å². The van der Waals surface area contributed by atoms with E-state index >= 15 is 0 Å². The fourth-order valence-corrected chi connectivity index (χ4v) is 4.05. The van der Waals surface area contributed by atoms with E-state index < -0.39 is 0 Å². The largest absolute Gasteiger partial charge is 0.330 e. The van der Waals surface area contributed by atoms with Gasteiger partial charge in [0.2, 0.25) is 0 Å². The number of nitrogens with zero attached hydrogens (tertiary/aromatic N) is 2. The number of hydrogen-bond donors (Lipinski definition) is 1. The lowest BCUT2D eigenvalue weighted by atomic mass is 9.74. The molecule has 0 amide bonds. The van der Waals surface area contributed by atoms with Crippen molar-refractivity contribution in [3.8, 4) is 0 Å². The van der Waals surface area contributed by atoms with Crippen LogP contribution in [0.5, 0.6) is 0 Å². The highest BCUT2D eigenvalue weighted by molar-refractivity contribution is 4.92. The van der Waals surface area contributed by atoms with E-state index in [1.165, 1.54) is 51.7 Å². The molecule has 1 heterocycles. The Hall–Kier alpha value is -0.120. The van der Waals surface area contributed by atoms with Crippen LogP contribution in [0.3, 0.4) is 0 Å². The minimum absolute atomic E-state index is 0.430. The van der Waals surface area contributed by atoms with Gasteiger partial charge in [-0.1, -0.05) is 26.2 Å².